The Morgan fingerprint density at radius 2 is 1.40 bits per heavy atom. The van der Waals surface area contributed by atoms with Crippen molar-refractivity contribution >= 4 is 12.3 Å². The van der Waals surface area contributed by atoms with Crippen molar-refractivity contribution in [1.82, 2.24) is 0 Å². The number of unbranched alkanes of at least 4 members (excludes halogenated alkanes) is 9. The Balaban J connectivity index is -0.000000352. The van der Waals surface area contributed by atoms with Gasteiger partial charge in [0.1, 0.15) is 6.04 Å². The molecule has 0 spiro atoms. The molecule has 1 atom stereocenters. The molecule has 0 unspecified atom stereocenters. The summed E-state index contributed by atoms with van der Waals surface area (Å²) in [6.45, 7) is 3.66. The van der Waals surface area contributed by atoms with Gasteiger partial charge in [0, 0.05) is 0 Å². The quantitative estimate of drug-likeness (QED) is 0.329. The average Bonchev–Trinajstić information content (AvgIpc) is 2.37. The van der Waals surface area contributed by atoms with Crippen LogP contribution in [-0.4, -0.2) is 23.4 Å². The van der Waals surface area contributed by atoms with Gasteiger partial charge in [-0.05, 0) is 6.92 Å². The van der Waals surface area contributed by atoms with E-state index in [0.29, 0.717) is 6.42 Å². The molecule has 0 heterocycles. The topological polar surface area (TPSA) is 80.4 Å². The fraction of sp³-hybridized carbons (Fsp3) is 0.867. The molecule has 0 radical (unpaired) electrons. The van der Waals surface area contributed by atoms with Crippen LogP contribution < -0.4 is 35.3 Å². The van der Waals surface area contributed by atoms with Crippen LogP contribution in [0.1, 0.15) is 78.1 Å². The van der Waals surface area contributed by atoms with Gasteiger partial charge in [0.05, 0.1) is 0 Å². The van der Waals surface area contributed by atoms with E-state index < -0.39 is 12.0 Å². The number of carbonyl (C=O) groups is 1. The number of carbonyl (C=O) groups excluding carboxylic acids is 1. The molecule has 0 aromatic carbocycles. The van der Waals surface area contributed by atoms with Gasteiger partial charge in [-0.1, -0.05) is 64.7 Å². The number of rotatable bonds is 11. The van der Waals surface area contributed by atoms with Crippen LogP contribution in [0.25, 0.3) is 0 Å². The van der Waals surface area contributed by atoms with Crippen molar-refractivity contribution in [3.05, 3.63) is 0 Å². The molecule has 0 aromatic rings. The molecular weight excluding hydrogens is 265 g/mol. The zero-order valence-electron chi connectivity index (χ0n) is 13.5. The number of carboxylic acid groups (broad SMARTS) is 1. The number of carboxylic acids is 1. The molecule has 0 aliphatic rings. The Labute approximate surface area is 146 Å². The Hall–Kier alpha value is 0.100. The van der Waals surface area contributed by atoms with Gasteiger partial charge in [-0.25, -0.2) is 0 Å². The number of hydrogen-bond acceptors (Lipinski definition) is 3. The summed E-state index contributed by atoms with van der Waals surface area (Å²) < 4.78 is 0. The van der Waals surface area contributed by atoms with Crippen LogP contribution in [0, 0.1) is 0 Å². The van der Waals surface area contributed by atoms with Gasteiger partial charge < -0.3 is 15.6 Å². The fourth-order valence-electron chi connectivity index (χ4n) is 1.51. The molecule has 0 aliphatic heterocycles. The molecule has 0 aromatic heterocycles. The SMILES string of the molecule is CCCCCCCCCCC[C-]=O.C[C@H](N)C(=O)O.[Na+]. The fourth-order valence-corrected chi connectivity index (χ4v) is 1.51. The van der Waals surface area contributed by atoms with Gasteiger partial charge in [-0.15, -0.1) is 0 Å². The minimum atomic E-state index is -0.963. The van der Waals surface area contributed by atoms with E-state index in [1.165, 1.54) is 58.3 Å². The molecular formula is C15H30NNaO3. The molecule has 0 amide bonds. The second-order valence-electron chi connectivity index (χ2n) is 4.85. The first-order valence-corrected chi connectivity index (χ1v) is 7.39. The third-order valence-electron chi connectivity index (χ3n) is 2.77. The van der Waals surface area contributed by atoms with Gasteiger partial charge in [-0.2, -0.15) is 6.42 Å². The first kappa shape index (κ1) is 25.1. The van der Waals surface area contributed by atoms with Gasteiger partial charge in [-0.3, -0.25) is 11.1 Å². The molecule has 5 heteroatoms. The summed E-state index contributed by atoms with van der Waals surface area (Å²) in [6.07, 6.45) is 14.4. The predicted octanol–water partition coefficient (Wildman–Crippen LogP) is 0.439. The largest absolute Gasteiger partial charge is 1.00 e. The van der Waals surface area contributed by atoms with E-state index in [-0.39, 0.29) is 29.6 Å². The van der Waals surface area contributed by atoms with Crippen molar-refractivity contribution in [3.8, 4) is 0 Å². The third kappa shape index (κ3) is 26.6. The third-order valence-corrected chi connectivity index (χ3v) is 2.77. The molecule has 0 aliphatic carbocycles. The second kappa shape index (κ2) is 21.4. The summed E-state index contributed by atoms with van der Waals surface area (Å²) in [6, 6.07) is -0.731. The molecule has 0 bridgehead atoms. The van der Waals surface area contributed by atoms with Gasteiger partial charge in [0.2, 0.25) is 0 Å². The van der Waals surface area contributed by atoms with E-state index in [9.17, 15) is 9.59 Å². The number of nitrogens with two attached hydrogens (primary N) is 1. The molecule has 20 heavy (non-hydrogen) atoms. The predicted molar refractivity (Wildman–Crippen MR) is 78.8 cm³/mol. The van der Waals surface area contributed by atoms with Gasteiger partial charge in [0.25, 0.3) is 0 Å². The smallest absolute Gasteiger partial charge is 0.542 e. The van der Waals surface area contributed by atoms with E-state index in [1.807, 2.05) is 6.29 Å². The molecule has 4 nitrogen and oxygen atoms in total. The van der Waals surface area contributed by atoms with Crippen molar-refractivity contribution in [3.63, 3.8) is 0 Å². The van der Waals surface area contributed by atoms with Crippen LogP contribution in [0.4, 0.5) is 0 Å². The van der Waals surface area contributed by atoms with Crippen LogP contribution in [0.15, 0.2) is 0 Å². The van der Waals surface area contributed by atoms with Crippen molar-refractivity contribution in [2.45, 2.75) is 84.1 Å². The summed E-state index contributed by atoms with van der Waals surface area (Å²) in [5.74, 6) is -0.963. The maximum Gasteiger partial charge on any atom is 1.00 e. The first-order chi connectivity index (χ1) is 9.06. The number of aliphatic carboxylic acids is 1. The summed E-state index contributed by atoms with van der Waals surface area (Å²) >= 11 is 0. The van der Waals surface area contributed by atoms with Crippen LogP contribution in [-0.2, 0) is 9.59 Å². The molecule has 0 saturated heterocycles. The van der Waals surface area contributed by atoms with Crippen molar-refractivity contribution < 1.29 is 44.3 Å². The summed E-state index contributed by atoms with van der Waals surface area (Å²) in [4.78, 5) is 19.5. The van der Waals surface area contributed by atoms with Crippen LogP contribution in [0.2, 0.25) is 0 Å². The monoisotopic (exact) mass is 295 g/mol. The van der Waals surface area contributed by atoms with Crippen molar-refractivity contribution in [2.24, 2.45) is 5.73 Å². The van der Waals surface area contributed by atoms with Crippen molar-refractivity contribution in [1.29, 1.82) is 0 Å². The summed E-state index contributed by atoms with van der Waals surface area (Å²) in [5, 5.41) is 7.87. The number of hydrogen-bond donors (Lipinski definition) is 2. The second-order valence-corrected chi connectivity index (χ2v) is 4.85. The van der Waals surface area contributed by atoms with Crippen LogP contribution in [0.5, 0.6) is 0 Å². The Morgan fingerprint density at radius 1 is 1.05 bits per heavy atom. The Kier molecular flexibility index (Phi) is 26.8. The summed E-state index contributed by atoms with van der Waals surface area (Å²) in [7, 11) is 0. The van der Waals surface area contributed by atoms with Crippen LogP contribution in [0.3, 0.4) is 0 Å². The average molecular weight is 295 g/mol. The maximum absolute atomic E-state index is 9.89. The van der Waals surface area contributed by atoms with Gasteiger partial charge in [0.15, 0.2) is 0 Å². The normalized spacial score (nSPS) is 10.8. The van der Waals surface area contributed by atoms with Crippen molar-refractivity contribution in [2.75, 3.05) is 0 Å². The molecule has 0 rings (SSSR count). The molecule has 0 saturated carbocycles. The van der Waals surface area contributed by atoms with E-state index >= 15 is 0 Å². The van der Waals surface area contributed by atoms with E-state index in [4.69, 9.17) is 10.8 Å². The maximum atomic E-state index is 9.89. The molecule has 3 N–H and O–H groups in total. The van der Waals surface area contributed by atoms with E-state index in [0.717, 1.165) is 6.42 Å². The minimum absolute atomic E-state index is 0. The molecule has 0 fully saturated rings. The Morgan fingerprint density at radius 3 is 1.70 bits per heavy atom. The van der Waals surface area contributed by atoms with E-state index in [2.05, 4.69) is 6.92 Å². The zero-order chi connectivity index (χ0) is 14.9. The molecule has 114 valence electrons. The summed E-state index contributed by atoms with van der Waals surface area (Å²) in [5.41, 5.74) is 4.84. The first-order valence-electron chi connectivity index (χ1n) is 7.39. The van der Waals surface area contributed by atoms with Crippen LogP contribution >= 0.6 is 0 Å². The standard InChI is InChI=1S/C12H23O.C3H7NO2.Na/c1-2-3-4-5-6-7-8-9-10-11-12-13;1-2(4)3(5)6;/h2-11H2,1H3;2H,4H2,1H3,(H,5,6);/q-1;;+1/t;2-;/m.0./s1. The van der Waals surface area contributed by atoms with E-state index in [1.54, 1.807) is 0 Å². The zero-order valence-corrected chi connectivity index (χ0v) is 15.5. The van der Waals surface area contributed by atoms with Gasteiger partial charge >= 0.3 is 35.5 Å². The minimum Gasteiger partial charge on any atom is -0.542 e. The Bertz CT molecular complexity index is 211.